The molecule has 0 amide bonds. The van der Waals surface area contributed by atoms with Crippen molar-refractivity contribution in [2.45, 2.75) is 105 Å². The Kier molecular flexibility index (Phi) is 10.3. The normalized spacial score (nSPS) is 25.6. The minimum atomic E-state index is -2.92. The highest BCUT2D eigenvalue weighted by molar-refractivity contribution is 6.35. The van der Waals surface area contributed by atoms with Crippen molar-refractivity contribution in [3.8, 4) is 11.4 Å². The van der Waals surface area contributed by atoms with E-state index in [9.17, 15) is 10.3 Å². The van der Waals surface area contributed by atoms with Gasteiger partial charge in [-0.05, 0) is 119 Å². The fourth-order valence-corrected chi connectivity index (χ4v) is 8.80. The molecule has 2 aliphatic rings. The molecule has 2 fully saturated rings. The van der Waals surface area contributed by atoms with Crippen molar-refractivity contribution in [2.75, 3.05) is 36.0 Å². The van der Waals surface area contributed by atoms with Crippen molar-refractivity contribution in [2.24, 2.45) is 5.92 Å². The first-order valence-corrected chi connectivity index (χ1v) is 20.2. The minimum absolute atomic E-state index is 0.0363. The molecule has 5 atom stereocenters. The van der Waals surface area contributed by atoms with Crippen LogP contribution in [0.3, 0.4) is 0 Å². The number of halogens is 2. The van der Waals surface area contributed by atoms with Gasteiger partial charge >= 0.3 is 5.69 Å². The highest BCUT2D eigenvalue weighted by Crippen LogP contribution is 2.46. The maximum Gasteiger partial charge on any atom is 0.350 e. The standard InChI is InChI=1S/C43H54Cl2N8O4/c1-10-37(26(2)3)53-42(54)52(25-48-53)34-11-13-38(27(4)17-34)49-15-16-51(29(6)20-49)33-12-14-39(28(5)18-33)55-21-40-32(9)56-43(57-40,22-50-24-46-23-47-50)41-31(8)30(7)35(44)19-36(41)45/h11-14,17-19,23-26,29,32,37,40H,10,15-16,20-22H2,1-9H3/t29?,32?,37?,40-,43-/m1/s1/i21D2,32D,40D. The molecule has 4 heterocycles. The number of hydrogen-bond donors (Lipinski definition) is 0. The summed E-state index contributed by atoms with van der Waals surface area (Å²) in [6, 6.07) is 13.3. The lowest BCUT2D eigenvalue weighted by Gasteiger charge is -2.43. The van der Waals surface area contributed by atoms with Crippen molar-refractivity contribution in [1.82, 2.24) is 29.1 Å². The minimum Gasteiger partial charge on any atom is -0.490 e. The molecule has 7 rings (SSSR count). The fraction of sp³-hybridized carbons (Fsp3) is 0.488. The molecular weight excluding hydrogens is 763 g/mol. The quantitative estimate of drug-likeness (QED) is 0.123. The van der Waals surface area contributed by atoms with Gasteiger partial charge in [0, 0.05) is 47.6 Å². The monoisotopic (exact) mass is 820 g/mol. The average Bonchev–Trinajstić information content (AvgIpc) is 3.88. The van der Waals surface area contributed by atoms with E-state index in [0.717, 1.165) is 48.7 Å². The van der Waals surface area contributed by atoms with Gasteiger partial charge in [-0.3, -0.25) is 0 Å². The number of piperazine rings is 1. The van der Waals surface area contributed by atoms with Gasteiger partial charge in [0.1, 0.15) is 43.9 Å². The molecule has 14 heteroatoms. The maximum absolute atomic E-state index is 13.3. The molecule has 3 unspecified atom stereocenters. The summed E-state index contributed by atoms with van der Waals surface area (Å²) in [4.78, 5) is 22.0. The Morgan fingerprint density at radius 2 is 1.72 bits per heavy atom. The smallest absolute Gasteiger partial charge is 0.350 e. The van der Waals surface area contributed by atoms with Gasteiger partial charge in [0.15, 0.2) is 0 Å². The number of hydrogen-bond acceptors (Lipinski definition) is 9. The summed E-state index contributed by atoms with van der Waals surface area (Å²) in [7, 11) is 0. The first kappa shape index (κ1) is 35.8. The highest BCUT2D eigenvalue weighted by Gasteiger charge is 2.50. The van der Waals surface area contributed by atoms with E-state index in [1.165, 1.54) is 30.3 Å². The number of nitrogens with zero attached hydrogens (tertiary/aromatic N) is 8. The summed E-state index contributed by atoms with van der Waals surface area (Å²) in [5, 5.41) is 9.22. The van der Waals surface area contributed by atoms with Crippen LogP contribution in [0.15, 0.2) is 66.2 Å². The SMILES string of the molecule is [2H]C([2H])(Oc1ccc(N2CCN(c3ccc(-n4cnn(C(CC)C(C)C)c4=O)cc3C)CC2C)cc1C)[C@@]1([2H])O[C@](Cn2cncn2)(c2c(Cl)cc(Cl)c(C)c2C)OC1([2H])C. The van der Waals surface area contributed by atoms with Crippen LogP contribution in [-0.4, -0.2) is 73.5 Å². The van der Waals surface area contributed by atoms with E-state index in [1.807, 2.05) is 31.2 Å². The van der Waals surface area contributed by atoms with Crippen LogP contribution in [0.1, 0.15) is 80.4 Å². The maximum atomic E-state index is 13.3. The van der Waals surface area contributed by atoms with Crippen molar-refractivity contribution < 1.29 is 19.7 Å². The molecule has 0 spiro atoms. The van der Waals surface area contributed by atoms with Gasteiger partial charge in [-0.2, -0.15) is 10.2 Å². The van der Waals surface area contributed by atoms with Crippen LogP contribution >= 0.6 is 23.2 Å². The zero-order valence-electron chi connectivity index (χ0n) is 38.0. The van der Waals surface area contributed by atoms with Crippen LogP contribution in [-0.2, 0) is 21.8 Å². The molecule has 2 aliphatic heterocycles. The van der Waals surface area contributed by atoms with Crippen LogP contribution in [0.4, 0.5) is 11.4 Å². The Balaban J connectivity index is 1.08. The van der Waals surface area contributed by atoms with Gasteiger partial charge < -0.3 is 24.0 Å². The second-order valence-corrected chi connectivity index (χ2v) is 16.3. The summed E-state index contributed by atoms with van der Waals surface area (Å²) >= 11 is 13.3. The van der Waals surface area contributed by atoms with Gasteiger partial charge in [0.05, 0.1) is 28.3 Å². The topological polar surface area (TPSA) is 105 Å². The predicted octanol–water partition coefficient (Wildman–Crippen LogP) is 8.22. The van der Waals surface area contributed by atoms with E-state index in [0.29, 0.717) is 27.3 Å². The van der Waals surface area contributed by atoms with Gasteiger partial charge in [-0.15, -0.1) is 0 Å². The highest BCUT2D eigenvalue weighted by atomic mass is 35.5. The lowest BCUT2D eigenvalue weighted by Crippen LogP contribution is -2.52. The largest absolute Gasteiger partial charge is 0.490 e. The summed E-state index contributed by atoms with van der Waals surface area (Å²) in [5.41, 5.74) is 5.95. The van der Waals surface area contributed by atoms with Gasteiger partial charge in [-0.25, -0.2) is 23.7 Å². The molecule has 12 nitrogen and oxygen atoms in total. The lowest BCUT2D eigenvalue weighted by molar-refractivity contribution is -0.196. The van der Waals surface area contributed by atoms with Gasteiger partial charge in [-0.1, -0.05) is 44.0 Å². The summed E-state index contributed by atoms with van der Waals surface area (Å²) in [5.74, 6) is -1.48. The molecular formula is C43H54Cl2N8O4. The summed E-state index contributed by atoms with van der Waals surface area (Å²) in [6.07, 6.45) is 0.112. The van der Waals surface area contributed by atoms with Crippen LogP contribution in [0.2, 0.25) is 10.0 Å². The Morgan fingerprint density at radius 3 is 2.39 bits per heavy atom. The van der Waals surface area contributed by atoms with Crippen LogP contribution in [0.25, 0.3) is 5.69 Å². The third kappa shape index (κ3) is 7.93. The number of anilines is 2. The van der Waals surface area contributed by atoms with Crippen LogP contribution < -0.4 is 20.2 Å². The van der Waals surface area contributed by atoms with E-state index in [1.54, 1.807) is 35.5 Å². The number of aryl methyl sites for hydroxylation is 2. The molecule has 2 saturated heterocycles. The Labute approximate surface area is 350 Å². The molecule has 57 heavy (non-hydrogen) atoms. The van der Waals surface area contributed by atoms with Crippen LogP contribution in [0.5, 0.6) is 5.75 Å². The van der Waals surface area contributed by atoms with Crippen LogP contribution in [0, 0.1) is 33.6 Å². The van der Waals surface area contributed by atoms with E-state index < -0.39 is 24.5 Å². The average molecular weight is 822 g/mol. The number of rotatable bonds is 12. The summed E-state index contributed by atoms with van der Waals surface area (Å²) < 4.78 is 60.6. The van der Waals surface area contributed by atoms with Crippen molar-refractivity contribution in [1.29, 1.82) is 0 Å². The van der Waals surface area contributed by atoms with Crippen molar-refractivity contribution in [3.05, 3.63) is 110 Å². The van der Waals surface area contributed by atoms with E-state index >= 15 is 0 Å². The second-order valence-electron chi connectivity index (χ2n) is 15.5. The zero-order chi connectivity index (χ0) is 44.4. The molecule has 3 aromatic carbocycles. The van der Waals surface area contributed by atoms with Crippen molar-refractivity contribution in [3.63, 3.8) is 0 Å². The Hall–Kier alpha value is -4.36. The summed E-state index contributed by atoms with van der Waals surface area (Å²) in [6.45, 7) is 16.3. The number of benzene rings is 3. The molecule has 0 N–H and O–H groups in total. The Morgan fingerprint density at radius 1 is 0.965 bits per heavy atom. The molecule has 0 radical (unpaired) electrons. The molecule has 0 saturated carbocycles. The first-order chi connectivity index (χ1) is 28.6. The Bertz CT molecular complexity index is 2480. The molecule has 5 aromatic rings. The fourth-order valence-electron chi connectivity index (χ4n) is 8.10. The van der Waals surface area contributed by atoms with Gasteiger partial charge in [0.2, 0.25) is 5.79 Å². The number of ether oxygens (including phenoxy) is 3. The third-order valence-corrected chi connectivity index (χ3v) is 12.0. The molecule has 304 valence electrons. The molecule has 0 bridgehead atoms. The van der Waals surface area contributed by atoms with Gasteiger partial charge in [0.25, 0.3) is 0 Å². The number of aromatic nitrogens is 6. The first-order valence-electron chi connectivity index (χ1n) is 21.4. The lowest BCUT2D eigenvalue weighted by atomic mass is 9.96. The predicted molar refractivity (Wildman–Crippen MR) is 225 cm³/mol. The van der Waals surface area contributed by atoms with E-state index in [4.69, 9.17) is 37.4 Å². The molecule has 2 aromatic heterocycles. The molecule has 0 aliphatic carbocycles. The van der Waals surface area contributed by atoms with E-state index in [-0.39, 0.29) is 41.0 Å². The third-order valence-electron chi connectivity index (χ3n) is 11.3. The second kappa shape index (κ2) is 16.5. The zero-order valence-corrected chi connectivity index (χ0v) is 35.5. The van der Waals surface area contributed by atoms with Crippen molar-refractivity contribution >= 4 is 34.6 Å². The van der Waals surface area contributed by atoms with E-state index in [2.05, 4.69) is 65.7 Å².